The zero-order valence-corrected chi connectivity index (χ0v) is 25.2. The van der Waals surface area contributed by atoms with Crippen molar-refractivity contribution in [2.24, 2.45) is 12.8 Å². The van der Waals surface area contributed by atoms with Gasteiger partial charge in [0.15, 0.2) is 0 Å². The lowest BCUT2D eigenvalue weighted by Gasteiger charge is -2.34. The highest BCUT2D eigenvalue weighted by molar-refractivity contribution is 6.02. The molecule has 1 unspecified atom stereocenters. The first-order chi connectivity index (χ1) is 20.8. The van der Waals surface area contributed by atoms with E-state index in [0.29, 0.717) is 49.6 Å². The summed E-state index contributed by atoms with van der Waals surface area (Å²) in [5, 5.41) is 3.80. The number of anilines is 1. The van der Waals surface area contributed by atoms with Crippen LogP contribution < -0.4 is 11.1 Å². The monoisotopic (exact) mass is 588 g/mol. The number of hydrogen-bond donors (Lipinski definition) is 2. The van der Waals surface area contributed by atoms with E-state index < -0.39 is 0 Å². The number of nitrogens with two attached hydrogens (primary N) is 1. The maximum absolute atomic E-state index is 15.0. The van der Waals surface area contributed by atoms with E-state index in [2.05, 4.69) is 21.8 Å². The number of piperidine rings is 1. The van der Waals surface area contributed by atoms with Crippen LogP contribution in [-0.2, 0) is 29.5 Å². The number of carbonyl (C=O) groups is 2. The molecular weight excluding hydrogens is 547 g/mol. The molecule has 0 aliphatic carbocycles. The molecule has 10 heteroatoms. The number of imidazole rings is 1. The fourth-order valence-corrected chi connectivity index (χ4v) is 6.33. The highest BCUT2D eigenvalue weighted by Crippen LogP contribution is 2.36. The standard InChI is InChI=1S/C33H41FN6O3/c1-22-27-8-4-9-28(34)32(27)40(15-6-16-43-3)31(22)24-7-5-14-39(20-24)30(41)18-25(35)17-23-10-12-26(13-11-23)37-33(42)29-19-36-21-38(29)2/h4,8-13,19,21,24-25H,5-7,14-18,20,35H2,1-3H3,(H,37,42)/t24?,25-/m1/s1. The zero-order chi connectivity index (χ0) is 30.5. The molecule has 0 spiro atoms. The molecule has 2 atom stereocenters. The van der Waals surface area contributed by atoms with Crippen LogP contribution in [0.15, 0.2) is 55.0 Å². The molecule has 0 saturated carbocycles. The summed E-state index contributed by atoms with van der Waals surface area (Å²) in [4.78, 5) is 31.8. The lowest BCUT2D eigenvalue weighted by atomic mass is 9.91. The van der Waals surface area contributed by atoms with Gasteiger partial charge in [0.2, 0.25) is 5.91 Å². The Labute approximate surface area is 251 Å². The van der Waals surface area contributed by atoms with Crippen molar-refractivity contribution in [3.05, 3.63) is 83.3 Å². The molecule has 228 valence electrons. The SMILES string of the molecule is COCCCn1c(C2CCCN(C(=O)C[C@H](N)Cc3ccc(NC(=O)c4cncn4C)cc3)C2)c(C)c2cccc(F)c21. The summed E-state index contributed by atoms with van der Waals surface area (Å²) in [5.41, 5.74) is 11.4. The van der Waals surface area contributed by atoms with Gasteiger partial charge >= 0.3 is 0 Å². The maximum atomic E-state index is 15.0. The second kappa shape index (κ2) is 13.5. The number of fused-ring (bicyclic) bond motifs is 1. The van der Waals surface area contributed by atoms with Crippen LogP contribution >= 0.6 is 0 Å². The van der Waals surface area contributed by atoms with Gasteiger partial charge in [-0.05, 0) is 61.9 Å². The van der Waals surface area contributed by atoms with E-state index in [1.807, 2.05) is 35.2 Å². The Morgan fingerprint density at radius 1 is 1.21 bits per heavy atom. The molecular formula is C33H41FN6O3. The summed E-state index contributed by atoms with van der Waals surface area (Å²) in [7, 11) is 3.44. The molecule has 1 aliphatic rings. The average Bonchev–Trinajstić information content (AvgIpc) is 3.55. The quantitative estimate of drug-likeness (QED) is 0.245. The van der Waals surface area contributed by atoms with Gasteiger partial charge in [-0.3, -0.25) is 9.59 Å². The summed E-state index contributed by atoms with van der Waals surface area (Å²) in [6.07, 6.45) is 6.51. The molecule has 9 nitrogen and oxygen atoms in total. The molecule has 4 aromatic rings. The summed E-state index contributed by atoms with van der Waals surface area (Å²) in [6, 6.07) is 12.4. The summed E-state index contributed by atoms with van der Waals surface area (Å²) >= 11 is 0. The third-order valence-corrected chi connectivity index (χ3v) is 8.42. The number of ether oxygens (including phenoxy) is 1. The number of hydrogen-bond acceptors (Lipinski definition) is 5. The number of para-hydroxylation sites is 1. The van der Waals surface area contributed by atoms with E-state index in [1.54, 1.807) is 31.1 Å². The van der Waals surface area contributed by atoms with E-state index in [-0.39, 0.29) is 36.0 Å². The Bertz CT molecular complexity index is 1580. The smallest absolute Gasteiger partial charge is 0.273 e. The normalized spacial score (nSPS) is 16.0. The molecule has 0 bridgehead atoms. The molecule has 2 aromatic carbocycles. The molecule has 43 heavy (non-hydrogen) atoms. The number of methoxy groups -OCH3 is 1. The van der Waals surface area contributed by atoms with E-state index in [1.165, 1.54) is 12.3 Å². The first-order valence-corrected chi connectivity index (χ1v) is 14.9. The number of carbonyl (C=O) groups excluding carboxylic acids is 2. The number of halogens is 1. The maximum Gasteiger partial charge on any atom is 0.273 e. The van der Waals surface area contributed by atoms with E-state index >= 15 is 4.39 Å². The first-order valence-electron chi connectivity index (χ1n) is 14.9. The van der Waals surface area contributed by atoms with Crippen molar-refractivity contribution in [3.63, 3.8) is 0 Å². The van der Waals surface area contributed by atoms with Crippen molar-refractivity contribution in [2.45, 2.75) is 57.5 Å². The summed E-state index contributed by atoms with van der Waals surface area (Å²) in [6.45, 7) is 4.62. The van der Waals surface area contributed by atoms with Crippen molar-refractivity contribution in [1.82, 2.24) is 19.0 Å². The number of benzene rings is 2. The van der Waals surface area contributed by atoms with Crippen molar-refractivity contribution in [3.8, 4) is 0 Å². The van der Waals surface area contributed by atoms with Crippen LogP contribution in [0.5, 0.6) is 0 Å². The van der Waals surface area contributed by atoms with Crippen LogP contribution in [-0.4, -0.2) is 63.7 Å². The van der Waals surface area contributed by atoms with Crippen LogP contribution in [0, 0.1) is 12.7 Å². The summed E-state index contributed by atoms with van der Waals surface area (Å²) < 4.78 is 24.1. The molecule has 3 heterocycles. The predicted octanol–water partition coefficient (Wildman–Crippen LogP) is 4.78. The number of aromatic nitrogens is 3. The second-order valence-electron chi connectivity index (χ2n) is 11.5. The number of aryl methyl sites for hydroxylation is 3. The van der Waals surface area contributed by atoms with Gasteiger partial charge in [0, 0.05) is 75.5 Å². The van der Waals surface area contributed by atoms with Gasteiger partial charge in [-0.15, -0.1) is 0 Å². The van der Waals surface area contributed by atoms with Crippen molar-refractivity contribution >= 4 is 28.4 Å². The number of amides is 2. The van der Waals surface area contributed by atoms with E-state index in [0.717, 1.165) is 41.5 Å². The largest absolute Gasteiger partial charge is 0.385 e. The van der Waals surface area contributed by atoms with Gasteiger partial charge < -0.3 is 29.8 Å². The lowest BCUT2D eigenvalue weighted by molar-refractivity contribution is -0.132. The zero-order valence-electron chi connectivity index (χ0n) is 25.2. The molecule has 1 saturated heterocycles. The Hall–Kier alpha value is -4.02. The molecule has 2 aromatic heterocycles. The number of nitrogens with zero attached hydrogens (tertiary/aromatic N) is 4. The van der Waals surface area contributed by atoms with Crippen LogP contribution in [0.4, 0.5) is 10.1 Å². The Kier molecular flexibility index (Phi) is 9.57. The van der Waals surface area contributed by atoms with Crippen LogP contribution in [0.2, 0.25) is 0 Å². The van der Waals surface area contributed by atoms with Crippen molar-refractivity contribution in [1.29, 1.82) is 0 Å². The minimum Gasteiger partial charge on any atom is -0.385 e. The third kappa shape index (κ3) is 6.81. The van der Waals surface area contributed by atoms with Gasteiger partial charge in [-0.1, -0.05) is 24.3 Å². The number of likely N-dealkylation sites (tertiary alicyclic amines) is 1. The third-order valence-electron chi connectivity index (χ3n) is 8.42. The van der Waals surface area contributed by atoms with Crippen molar-refractivity contribution < 1.29 is 18.7 Å². The van der Waals surface area contributed by atoms with Crippen molar-refractivity contribution in [2.75, 3.05) is 32.1 Å². The molecule has 5 rings (SSSR count). The Morgan fingerprint density at radius 3 is 2.72 bits per heavy atom. The molecule has 2 amide bonds. The average molecular weight is 589 g/mol. The molecule has 1 fully saturated rings. The molecule has 1 aliphatic heterocycles. The Balaban J connectivity index is 1.21. The Morgan fingerprint density at radius 2 is 2.00 bits per heavy atom. The highest BCUT2D eigenvalue weighted by Gasteiger charge is 2.30. The highest BCUT2D eigenvalue weighted by atomic mass is 19.1. The molecule has 0 radical (unpaired) electrons. The van der Waals surface area contributed by atoms with E-state index in [4.69, 9.17) is 10.5 Å². The fraction of sp³-hybridized carbons (Fsp3) is 0.424. The lowest BCUT2D eigenvalue weighted by Crippen LogP contribution is -2.42. The van der Waals surface area contributed by atoms with Gasteiger partial charge in [0.1, 0.15) is 11.5 Å². The minimum atomic E-state index is -0.334. The van der Waals surface area contributed by atoms with Gasteiger partial charge in [0.05, 0.1) is 18.0 Å². The van der Waals surface area contributed by atoms with Crippen LogP contribution in [0.1, 0.15) is 58.9 Å². The van der Waals surface area contributed by atoms with Gasteiger partial charge in [-0.2, -0.15) is 0 Å². The molecule has 3 N–H and O–H groups in total. The topological polar surface area (TPSA) is 107 Å². The van der Waals surface area contributed by atoms with E-state index in [9.17, 15) is 9.59 Å². The minimum absolute atomic E-state index is 0.0446. The predicted molar refractivity (Wildman–Crippen MR) is 166 cm³/mol. The number of nitrogens with one attached hydrogen (secondary N) is 1. The number of rotatable bonds is 11. The second-order valence-corrected chi connectivity index (χ2v) is 11.5. The fourth-order valence-electron chi connectivity index (χ4n) is 6.33. The first kappa shape index (κ1) is 30.4. The van der Waals surface area contributed by atoms with Crippen LogP contribution in [0.3, 0.4) is 0 Å². The summed E-state index contributed by atoms with van der Waals surface area (Å²) in [5.74, 6) is -0.283. The van der Waals surface area contributed by atoms with Gasteiger partial charge in [-0.25, -0.2) is 9.37 Å². The van der Waals surface area contributed by atoms with Crippen LogP contribution in [0.25, 0.3) is 10.9 Å². The van der Waals surface area contributed by atoms with Gasteiger partial charge in [0.25, 0.3) is 5.91 Å².